The van der Waals surface area contributed by atoms with Gasteiger partial charge in [-0.1, -0.05) is 81.3 Å². The molecule has 0 bridgehead atoms. The van der Waals surface area contributed by atoms with Crippen LogP contribution in [0.1, 0.15) is 96.0 Å². The van der Waals surface area contributed by atoms with Gasteiger partial charge in [-0.2, -0.15) is 0 Å². The lowest BCUT2D eigenvalue weighted by atomic mass is 9.80. The highest BCUT2D eigenvalue weighted by atomic mass is 32.1. The molecule has 1 amide bonds. The van der Waals surface area contributed by atoms with Gasteiger partial charge < -0.3 is 19.5 Å². The molecule has 1 aliphatic rings. The van der Waals surface area contributed by atoms with E-state index in [1.165, 1.54) is 11.3 Å². The molecule has 0 spiro atoms. The number of amides is 1. The van der Waals surface area contributed by atoms with E-state index in [4.69, 9.17) is 9.72 Å². The second kappa shape index (κ2) is 15.4. The van der Waals surface area contributed by atoms with E-state index in [2.05, 4.69) is 36.0 Å². The fourth-order valence-electron chi connectivity index (χ4n) is 6.70. The number of fused-ring (bicyclic) bond motifs is 2. The topological polar surface area (TPSA) is 122 Å². The molecule has 3 heterocycles. The standard InChI is InChI=1S/C41H44N4O5S/c1-26-28(15-13-18-33(26)50-23-11-7-5-6-10-22-46)36-31(41(2,3)4)24-35(43-37(36)39(48)49)45-21-20-27-14-12-16-29(30(27)25-45)38(47)44-40-42-32-17-8-9-19-34(32)51-40/h8-9,12-19,22,24H,5-7,10-11,20-21,23,25H2,1-4H3,(H,48,49)(H,42,44,47). The summed E-state index contributed by atoms with van der Waals surface area (Å²) in [4.78, 5) is 48.7. The van der Waals surface area contributed by atoms with E-state index in [1.807, 2.05) is 73.7 Å². The van der Waals surface area contributed by atoms with Crippen LogP contribution in [0.5, 0.6) is 5.75 Å². The number of unbranched alkanes of at least 4 members (excludes halogenated alkanes) is 4. The van der Waals surface area contributed by atoms with Gasteiger partial charge in [0, 0.05) is 30.6 Å². The van der Waals surface area contributed by atoms with Gasteiger partial charge in [-0.15, -0.1) is 0 Å². The summed E-state index contributed by atoms with van der Waals surface area (Å²) >= 11 is 1.44. The van der Waals surface area contributed by atoms with Crippen LogP contribution in [0.25, 0.3) is 21.3 Å². The number of benzene rings is 3. The van der Waals surface area contributed by atoms with Gasteiger partial charge in [0.05, 0.1) is 16.8 Å². The average molecular weight is 705 g/mol. The summed E-state index contributed by atoms with van der Waals surface area (Å²) in [6, 6.07) is 21.3. The molecular weight excluding hydrogens is 661 g/mol. The number of rotatable bonds is 13. The maximum Gasteiger partial charge on any atom is 0.355 e. The van der Waals surface area contributed by atoms with Crippen LogP contribution >= 0.6 is 11.3 Å². The van der Waals surface area contributed by atoms with Gasteiger partial charge in [0.1, 0.15) is 17.9 Å². The molecule has 6 rings (SSSR count). The van der Waals surface area contributed by atoms with E-state index in [9.17, 15) is 19.5 Å². The molecule has 9 nitrogen and oxygen atoms in total. The van der Waals surface area contributed by atoms with E-state index in [-0.39, 0.29) is 11.6 Å². The number of anilines is 2. The molecule has 3 aromatic carbocycles. The third-order valence-electron chi connectivity index (χ3n) is 9.40. The van der Waals surface area contributed by atoms with Crippen molar-refractivity contribution in [1.82, 2.24) is 9.97 Å². The highest BCUT2D eigenvalue weighted by molar-refractivity contribution is 7.22. The number of hydrogen-bond acceptors (Lipinski definition) is 8. The fraction of sp³-hybridized carbons (Fsp3) is 0.341. The quantitative estimate of drug-likeness (QED) is 0.0920. The Kier molecular flexibility index (Phi) is 10.8. The number of pyridine rings is 1. The van der Waals surface area contributed by atoms with Crippen molar-refractivity contribution in [2.45, 2.75) is 78.2 Å². The zero-order valence-corrected chi connectivity index (χ0v) is 30.4. The second-order valence-corrected chi connectivity index (χ2v) is 15.0. The number of para-hydroxylation sites is 1. The van der Waals surface area contributed by atoms with Crippen LogP contribution in [-0.4, -0.2) is 46.4 Å². The summed E-state index contributed by atoms with van der Waals surface area (Å²) in [5.74, 6) is -0.0578. The summed E-state index contributed by atoms with van der Waals surface area (Å²) in [7, 11) is 0. The van der Waals surface area contributed by atoms with Gasteiger partial charge in [0.2, 0.25) is 0 Å². The summed E-state index contributed by atoms with van der Waals surface area (Å²) in [6.45, 7) is 9.78. The molecule has 2 aromatic heterocycles. The Morgan fingerprint density at radius 1 is 1.00 bits per heavy atom. The van der Waals surface area contributed by atoms with E-state index >= 15 is 0 Å². The Morgan fingerprint density at radius 3 is 2.55 bits per heavy atom. The zero-order chi connectivity index (χ0) is 36.1. The first-order valence-corrected chi connectivity index (χ1v) is 18.3. The van der Waals surface area contributed by atoms with E-state index in [1.54, 1.807) is 0 Å². The van der Waals surface area contributed by atoms with Crippen LogP contribution < -0.4 is 15.0 Å². The van der Waals surface area contributed by atoms with Crippen molar-refractivity contribution in [2.75, 3.05) is 23.4 Å². The maximum absolute atomic E-state index is 13.7. The van der Waals surface area contributed by atoms with Crippen LogP contribution in [-0.2, 0) is 23.2 Å². The zero-order valence-electron chi connectivity index (χ0n) is 29.6. The van der Waals surface area contributed by atoms with Crippen molar-refractivity contribution < 1.29 is 24.2 Å². The van der Waals surface area contributed by atoms with Gasteiger partial charge in [-0.3, -0.25) is 10.1 Å². The van der Waals surface area contributed by atoms with E-state index < -0.39 is 11.4 Å². The molecule has 2 N–H and O–H groups in total. The largest absolute Gasteiger partial charge is 0.493 e. The normalized spacial score (nSPS) is 12.8. The molecule has 5 aromatic rings. The Bertz CT molecular complexity index is 2050. The molecule has 0 aliphatic carbocycles. The number of thiazole rings is 1. The van der Waals surface area contributed by atoms with Gasteiger partial charge in [-0.05, 0) is 89.8 Å². The van der Waals surface area contributed by atoms with Crippen molar-refractivity contribution in [3.8, 4) is 16.9 Å². The van der Waals surface area contributed by atoms with Crippen LogP contribution in [0, 0.1) is 6.92 Å². The monoisotopic (exact) mass is 704 g/mol. The van der Waals surface area contributed by atoms with Gasteiger partial charge in [0.15, 0.2) is 10.8 Å². The molecule has 0 atom stereocenters. The first kappa shape index (κ1) is 35.7. The average Bonchev–Trinajstić information content (AvgIpc) is 3.53. The lowest BCUT2D eigenvalue weighted by molar-refractivity contribution is -0.107. The first-order valence-electron chi connectivity index (χ1n) is 17.5. The highest BCUT2D eigenvalue weighted by Crippen LogP contribution is 2.41. The number of carbonyl (C=O) groups is 3. The lowest BCUT2D eigenvalue weighted by Crippen LogP contribution is -2.33. The van der Waals surface area contributed by atoms with Crippen LogP contribution in [0.15, 0.2) is 66.7 Å². The molecule has 0 saturated carbocycles. The molecule has 0 unspecified atom stereocenters. The molecule has 10 heteroatoms. The smallest absolute Gasteiger partial charge is 0.355 e. The van der Waals surface area contributed by atoms with Crippen molar-refractivity contribution in [2.24, 2.45) is 0 Å². The summed E-state index contributed by atoms with van der Waals surface area (Å²) in [5.41, 5.74) is 6.04. The lowest BCUT2D eigenvalue weighted by Gasteiger charge is -2.33. The number of nitrogens with one attached hydrogen (secondary N) is 1. The summed E-state index contributed by atoms with van der Waals surface area (Å²) in [5, 5.41) is 14.2. The van der Waals surface area contributed by atoms with Gasteiger partial charge in [0.25, 0.3) is 5.91 Å². The van der Waals surface area contributed by atoms with Crippen molar-refractivity contribution in [3.05, 3.63) is 100 Å². The number of aldehydes is 1. The second-order valence-electron chi connectivity index (χ2n) is 14.0. The Morgan fingerprint density at radius 2 is 1.78 bits per heavy atom. The number of hydrogen-bond donors (Lipinski definition) is 2. The Hall–Kier alpha value is -5.09. The molecule has 51 heavy (non-hydrogen) atoms. The maximum atomic E-state index is 13.7. The van der Waals surface area contributed by atoms with E-state index in [0.717, 1.165) is 70.0 Å². The molecular formula is C41H44N4O5S. The minimum Gasteiger partial charge on any atom is -0.493 e. The third kappa shape index (κ3) is 7.96. The number of aromatic carboxylic acids is 1. The van der Waals surface area contributed by atoms with Crippen LogP contribution in [0.2, 0.25) is 0 Å². The number of ether oxygens (including phenoxy) is 1. The minimum atomic E-state index is -1.10. The molecule has 0 saturated heterocycles. The number of aromatic nitrogens is 2. The van der Waals surface area contributed by atoms with Crippen LogP contribution in [0.4, 0.5) is 10.9 Å². The van der Waals surface area contributed by atoms with Gasteiger partial charge >= 0.3 is 5.97 Å². The minimum absolute atomic E-state index is 0.0134. The SMILES string of the molecule is Cc1c(OCCCCCCC=O)cccc1-c1c(C(C)(C)C)cc(N2CCc3cccc(C(=O)Nc4nc5ccccc5s4)c3C2)nc1C(=O)O. The highest BCUT2D eigenvalue weighted by Gasteiger charge is 2.31. The number of carbonyl (C=O) groups excluding carboxylic acids is 2. The number of carboxylic acid groups (broad SMARTS) is 1. The molecule has 1 aliphatic heterocycles. The van der Waals surface area contributed by atoms with E-state index in [0.29, 0.717) is 60.4 Å². The Labute approximate surface area is 302 Å². The predicted molar refractivity (Wildman–Crippen MR) is 203 cm³/mol. The van der Waals surface area contributed by atoms with Crippen molar-refractivity contribution >= 4 is 50.7 Å². The fourth-order valence-corrected chi connectivity index (χ4v) is 7.56. The number of carboxylic acids is 1. The molecule has 0 fully saturated rings. The predicted octanol–water partition coefficient (Wildman–Crippen LogP) is 9.01. The summed E-state index contributed by atoms with van der Waals surface area (Å²) < 4.78 is 7.19. The van der Waals surface area contributed by atoms with Gasteiger partial charge in [-0.25, -0.2) is 14.8 Å². The van der Waals surface area contributed by atoms with Crippen LogP contribution in [0.3, 0.4) is 0 Å². The molecule has 264 valence electrons. The first-order chi connectivity index (χ1) is 24.5. The summed E-state index contributed by atoms with van der Waals surface area (Å²) in [6.07, 6.45) is 5.95. The Balaban J connectivity index is 1.30. The number of nitrogens with zero attached hydrogens (tertiary/aromatic N) is 3. The van der Waals surface area contributed by atoms with Crippen molar-refractivity contribution in [3.63, 3.8) is 0 Å². The molecule has 0 radical (unpaired) electrons. The third-order valence-corrected chi connectivity index (χ3v) is 10.4. The van der Waals surface area contributed by atoms with Crippen molar-refractivity contribution in [1.29, 1.82) is 0 Å².